The van der Waals surface area contributed by atoms with Crippen LogP contribution in [-0.4, -0.2) is 23.7 Å². The third-order valence-electron chi connectivity index (χ3n) is 3.72. The Morgan fingerprint density at radius 1 is 1.42 bits per heavy atom. The molecule has 1 aromatic carbocycles. The lowest BCUT2D eigenvalue weighted by Crippen LogP contribution is -2.42. The van der Waals surface area contributed by atoms with Crippen molar-refractivity contribution in [2.24, 2.45) is 0 Å². The number of hydrogen-bond acceptors (Lipinski definition) is 4. The Hall–Kier alpha value is -1.65. The van der Waals surface area contributed by atoms with Gasteiger partial charge in [-0.2, -0.15) is 0 Å². The van der Waals surface area contributed by atoms with Gasteiger partial charge in [-0.3, -0.25) is 4.98 Å². The Kier molecular flexibility index (Phi) is 3.12. The van der Waals surface area contributed by atoms with Gasteiger partial charge >= 0.3 is 0 Å². The van der Waals surface area contributed by atoms with E-state index in [0.717, 1.165) is 48.5 Å². The Balaban J connectivity index is 1.81. The van der Waals surface area contributed by atoms with E-state index in [1.54, 1.807) is 0 Å². The van der Waals surface area contributed by atoms with Crippen LogP contribution in [-0.2, 0) is 11.3 Å². The number of hydrogen-bond donors (Lipinski definition) is 2. The van der Waals surface area contributed by atoms with Gasteiger partial charge < -0.3 is 15.8 Å². The van der Waals surface area contributed by atoms with Crippen LogP contribution in [0, 0.1) is 0 Å². The standard InChI is InChI=1S/C15H19N3O/c1-15(6-7-19-10-15)17-9-11-8-13(16)12-4-2-3-5-14(12)18-11/h2-5,8,17H,6-7,9-10H2,1H3,(H2,16,18). The van der Waals surface area contributed by atoms with Crippen molar-refractivity contribution < 1.29 is 4.74 Å². The Morgan fingerprint density at radius 2 is 2.26 bits per heavy atom. The summed E-state index contributed by atoms with van der Waals surface area (Å²) in [5.41, 5.74) is 8.85. The van der Waals surface area contributed by atoms with E-state index in [4.69, 9.17) is 10.5 Å². The first-order valence-electron chi connectivity index (χ1n) is 6.63. The predicted octanol–water partition coefficient (Wildman–Crippen LogP) is 2.09. The van der Waals surface area contributed by atoms with Gasteiger partial charge in [0.05, 0.1) is 17.8 Å². The molecule has 0 aliphatic carbocycles. The zero-order valence-electron chi connectivity index (χ0n) is 11.1. The van der Waals surface area contributed by atoms with Crippen molar-refractivity contribution in [2.75, 3.05) is 18.9 Å². The molecule has 0 bridgehead atoms. The Labute approximate surface area is 113 Å². The first-order valence-corrected chi connectivity index (χ1v) is 6.63. The van der Waals surface area contributed by atoms with Crippen LogP contribution < -0.4 is 11.1 Å². The second-order valence-electron chi connectivity index (χ2n) is 5.44. The molecule has 4 nitrogen and oxygen atoms in total. The summed E-state index contributed by atoms with van der Waals surface area (Å²) >= 11 is 0. The smallest absolute Gasteiger partial charge is 0.0726 e. The summed E-state index contributed by atoms with van der Waals surface area (Å²) in [6.07, 6.45) is 1.04. The van der Waals surface area contributed by atoms with E-state index in [0.29, 0.717) is 0 Å². The fourth-order valence-corrected chi connectivity index (χ4v) is 2.46. The van der Waals surface area contributed by atoms with Gasteiger partial charge in [0, 0.05) is 29.8 Å². The zero-order valence-corrected chi connectivity index (χ0v) is 11.1. The quantitative estimate of drug-likeness (QED) is 0.884. The molecule has 1 aliphatic rings. The number of aromatic nitrogens is 1. The Morgan fingerprint density at radius 3 is 3.05 bits per heavy atom. The number of anilines is 1. The minimum Gasteiger partial charge on any atom is -0.398 e. The fourth-order valence-electron chi connectivity index (χ4n) is 2.46. The molecule has 0 amide bonds. The van der Waals surface area contributed by atoms with E-state index < -0.39 is 0 Å². The number of nitrogen functional groups attached to an aromatic ring is 1. The minimum atomic E-state index is 0.0576. The second kappa shape index (κ2) is 4.79. The summed E-state index contributed by atoms with van der Waals surface area (Å²) in [5, 5.41) is 4.54. The van der Waals surface area contributed by atoms with Crippen molar-refractivity contribution in [3.05, 3.63) is 36.0 Å². The van der Waals surface area contributed by atoms with E-state index in [2.05, 4.69) is 17.2 Å². The summed E-state index contributed by atoms with van der Waals surface area (Å²) in [4.78, 5) is 4.64. The minimum absolute atomic E-state index is 0.0576. The lowest BCUT2D eigenvalue weighted by atomic mass is 10.0. The molecular weight excluding hydrogens is 238 g/mol. The first kappa shape index (κ1) is 12.4. The van der Waals surface area contributed by atoms with Crippen LogP contribution in [0.3, 0.4) is 0 Å². The van der Waals surface area contributed by atoms with Gasteiger partial charge in [-0.15, -0.1) is 0 Å². The van der Waals surface area contributed by atoms with Gasteiger partial charge in [-0.25, -0.2) is 0 Å². The highest BCUT2D eigenvalue weighted by molar-refractivity contribution is 5.90. The average molecular weight is 257 g/mol. The van der Waals surface area contributed by atoms with Gasteiger partial charge in [0.2, 0.25) is 0 Å². The predicted molar refractivity (Wildman–Crippen MR) is 76.8 cm³/mol. The maximum absolute atomic E-state index is 6.08. The van der Waals surface area contributed by atoms with Crippen LogP contribution >= 0.6 is 0 Å². The average Bonchev–Trinajstić information content (AvgIpc) is 2.84. The molecule has 0 radical (unpaired) electrons. The van der Waals surface area contributed by atoms with E-state index in [1.165, 1.54) is 0 Å². The third-order valence-corrected chi connectivity index (χ3v) is 3.72. The van der Waals surface area contributed by atoms with Gasteiger partial charge in [0.1, 0.15) is 0 Å². The number of nitrogens with one attached hydrogen (secondary N) is 1. The molecule has 4 heteroatoms. The normalized spacial score (nSPS) is 23.0. The fraction of sp³-hybridized carbons (Fsp3) is 0.400. The molecule has 3 rings (SSSR count). The number of benzene rings is 1. The van der Waals surface area contributed by atoms with Crippen molar-refractivity contribution in [1.82, 2.24) is 10.3 Å². The summed E-state index contributed by atoms with van der Waals surface area (Å²) in [6.45, 7) is 4.49. The van der Waals surface area contributed by atoms with Crippen LogP contribution in [0.2, 0.25) is 0 Å². The SMILES string of the molecule is CC1(NCc2cc(N)c3ccccc3n2)CCOC1. The number of pyridine rings is 1. The molecule has 1 atom stereocenters. The molecule has 3 N–H and O–H groups in total. The lowest BCUT2D eigenvalue weighted by molar-refractivity contribution is 0.171. The van der Waals surface area contributed by atoms with E-state index >= 15 is 0 Å². The molecule has 1 aliphatic heterocycles. The van der Waals surface area contributed by atoms with Crippen LogP contribution in [0.5, 0.6) is 0 Å². The van der Waals surface area contributed by atoms with E-state index in [-0.39, 0.29) is 5.54 Å². The number of ether oxygens (including phenoxy) is 1. The van der Waals surface area contributed by atoms with Crippen LogP contribution in [0.4, 0.5) is 5.69 Å². The highest BCUT2D eigenvalue weighted by Gasteiger charge is 2.28. The maximum atomic E-state index is 6.08. The molecular formula is C15H19N3O. The highest BCUT2D eigenvalue weighted by atomic mass is 16.5. The van der Waals surface area contributed by atoms with Crippen LogP contribution in [0.25, 0.3) is 10.9 Å². The maximum Gasteiger partial charge on any atom is 0.0726 e. The topological polar surface area (TPSA) is 60.2 Å². The summed E-state index contributed by atoms with van der Waals surface area (Å²) in [5.74, 6) is 0. The van der Waals surface area contributed by atoms with Crippen molar-refractivity contribution in [3.8, 4) is 0 Å². The summed E-state index contributed by atoms with van der Waals surface area (Å²) in [7, 11) is 0. The number of rotatable bonds is 3. The number of para-hydroxylation sites is 1. The molecule has 19 heavy (non-hydrogen) atoms. The molecule has 2 aromatic rings. The molecule has 1 saturated heterocycles. The summed E-state index contributed by atoms with van der Waals surface area (Å²) in [6, 6.07) is 9.92. The third kappa shape index (κ3) is 2.55. The van der Waals surface area contributed by atoms with Gasteiger partial charge in [-0.1, -0.05) is 18.2 Å². The molecule has 2 heterocycles. The molecule has 1 unspecified atom stereocenters. The first-order chi connectivity index (χ1) is 9.16. The Bertz CT molecular complexity index is 591. The molecule has 100 valence electrons. The van der Waals surface area contributed by atoms with Crippen LogP contribution in [0.1, 0.15) is 19.0 Å². The molecule has 0 saturated carbocycles. The van der Waals surface area contributed by atoms with Gasteiger partial charge in [0.25, 0.3) is 0 Å². The molecule has 1 fully saturated rings. The molecule has 0 spiro atoms. The van der Waals surface area contributed by atoms with Crippen molar-refractivity contribution >= 4 is 16.6 Å². The van der Waals surface area contributed by atoms with Crippen LogP contribution in [0.15, 0.2) is 30.3 Å². The van der Waals surface area contributed by atoms with Crippen molar-refractivity contribution in [1.29, 1.82) is 0 Å². The number of nitrogens with zero attached hydrogens (tertiary/aromatic N) is 1. The lowest BCUT2D eigenvalue weighted by Gasteiger charge is -2.23. The number of fused-ring (bicyclic) bond motifs is 1. The highest BCUT2D eigenvalue weighted by Crippen LogP contribution is 2.22. The van der Waals surface area contributed by atoms with E-state index in [1.807, 2.05) is 30.3 Å². The zero-order chi connectivity index (χ0) is 13.3. The monoisotopic (exact) mass is 257 g/mol. The summed E-state index contributed by atoms with van der Waals surface area (Å²) < 4.78 is 5.43. The van der Waals surface area contributed by atoms with Crippen molar-refractivity contribution in [3.63, 3.8) is 0 Å². The molecule has 1 aromatic heterocycles. The second-order valence-corrected chi connectivity index (χ2v) is 5.44. The number of nitrogens with two attached hydrogens (primary N) is 1. The van der Waals surface area contributed by atoms with Gasteiger partial charge in [0.15, 0.2) is 0 Å². The van der Waals surface area contributed by atoms with Gasteiger partial charge in [-0.05, 0) is 25.5 Å². The largest absolute Gasteiger partial charge is 0.398 e. The van der Waals surface area contributed by atoms with Crippen molar-refractivity contribution in [2.45, 2.75) is 25.4 Å². The van der Waals surface area contributed by atoms with E-state index in [9.17, 15) is 0 Å².